The number of nitriles is 1. The molecule has 0 aliphatic carbocycles. The van der Waals surface area contributed by atoms with E-state index in [1.807, 2.05) is 6.07 Å². The lowest BCUT2D eigenvalue weighted by Crippen LogP contribution is -2.39. The lowest BCUT2D eigenvalue weighted by atomic mass is 9.96. The summed E-state index contributed by atoms with van der Waals surface area (Å²) in [4.78, 5) is 25.2. The van der Waals surface area contributed by atoms with Crippen LogP contribution in [0, 0.1) is 17.2 Å². The van der Waals surface area contributed by atoms with Crippen molar-refractivity contribution in [1.29, 1.82) is 5.26 Å². The summed E-state index contributed by atoms with van der Waals surface area (Å²) in [6, 6.07) is 8.88. The molecular formula is C16H20N4O2. The predicted octanol–water partition coefficient (Wildman–Crippen LogP) is 1.08. The zero-order valence-corrected chi connectivity index (χ0v) is 12.4. The lowest BCUT2D eigenvalue weighted by molar-refractivity contribution is -0.123. The molecule has 0 atom stereocenters. The maximum absolute atomic E-state index is 11.9. The molecule has 2 amide bonds. The highest BCUT2D eigenvalue weighted by atomic mass is 16.2. The first-order valence-electron chi connectivity index (χ1n) is 7.40. The van der Waals surface area contributed by atoms with Crippen LogP contribution in [-0.4, -0.2) is 36.3 Å². The van der Waals surface area contributed by atoms with Crippen LogP contribution in [0.3, 0.4) is 0 Å². The topological polar surface area (TPSA) is 99.2 Å². The first kappa shape index (κ1) is 16.0. The average molecular weight is 300 g/mol. The molecule has 1 saturated heterocycles. The number of hydrogen-bond donors (Lipinski definition) is 2. The third-order valence-electron chi connectivity index (χ3n) is 3.92. The van der Waals surface area contributed by atoms with E-state index in [1.165, 1.54) is 0 Å². The number of carbonyl (C=O) groups is 2. The average Bonchev–Trinajstić information content (AvgIpc) is 2.53. The van der Waals surface area contributed by atoms with Gasteiger partial charge in [-0.3, -0.25) is 9.59 Å². The fourth-order valence-electron chi connectivity index (χ4n) is 2.59. The molecule has 1 aromatic rings. The molecule has 0 unspecified atom stereocenters. The second kappa shape index (κ2) is 7.57. The maximum atomic E-state index is 11.9. The van der Waals surface area contributed by atoms with Gasteiger partial charge in [-0.25, -0.2) is 0 Å². The zero-order chi connectivity index (χ0) is 15.9. The molecule has 2 rings (SSSR count). The molecule has 116 valence electrons. The molecule has 1 heterocycles. The van der Waals surface area contributed by atoms with Crippen LogP contribution in [0.4, 0.5) is 5.69 Å². The molecule has 1 aromatic carbocycles. The Balaban J connectivity index is 1.74. The van der Waals surface area contributed by atoms with Crippen molar-refractivity contribution in [3.63, 3.8) is 0 Å². The fourth-order valence-corrected chi connectivity index (χ4v) is 2.59. The Hall–Kier alpha value is -2.39. The van der Waals surface area contributed by atoms with Crippen molar-refractivity contribution in [3.8, 4) is 6.07 Å². The molecule has 0 spiro atoms. The second-order valence-electron chi connectivity index (χ2n) is 5.51. The fraction of sp³-hybridized carbons (Fsp3) is 0.438. The van der Waals surface area contributed by atoms with Crippen LogP contribution >= 0.6 is 0 Å². The van der Waals surface area contributed by atoms with Gasteiger partial charge in [-0.1, -0.05) is 6.07 Å². The summed E-state index contributed by atoms with van der Waals surface area (Å²) in [6.45, 7) is 2.25. The summed E-state index contributed by atoms with van der Waals surface area (Å²) in [7, 11) is 0. The Morgan fingerprint density at radius 1 is 1.36 bits per heavy atom. The normalized spacial score (nSPS) is 16.0. The number of amides is 2. The van der Waals surface area contributed by atoms with E-state index in [1.54, 1.807) is 24.3 Å². The minimum atomic E-state index is -0.227. The van der Waals surface area contributed by atoms with Crippen molar-refractivity contribution in [2.45, 2.75) is 19.3 Å². The summed E-state index contributed by atoms with van der Waals surface area (Å²) in [5.74, 6) is -0.333. The Kier molecular flexibility index (Phi) is 5.50. The molecule has 6 nitrogen and oxygen atoms in total. The Bertz CT molecular complexity index is 586. The number of primary amides is 1. The van der Waals surface area contributed by atoms with E-state index in [0.29, 0.717) is 24.2 Å². The first-order chi connectivity index (χ1) is 10.6. The van der Waals surface area contributed by atoms with E-state index >= 15 is 0 Å². The van der Waals surface area contributed by atoms with Gasteiger partial charge in [-0.2, -0.15) is 5.26 Å². The Morgan fingerprint density at radius 2 is 2.09 bits per heavy atom. The van der Waals surface area contributed by atoms with Gasteiger partial charge >= 0.3 is 0 Å². The lowest BCUT2D eigenvalue weighted by Gasteiger charge is -2.30. The Morgan fingerprint density at radius 3 is 2.73 bits per heavy atom. The van der Waals surface area contributed by atoms with E-state index in [2.05, 4.69) is 10.2 Å². The third kappa shape index (κ3) is 4.57. The molecule has 1 fully saturated rings. The number of likely N-dealkylation sites (tertiary alicyclic amines) is 1. The minimum Gasteiger partial charge on any atom is -0.369 e. The van der Waals surface area contributed by atoms with Crippen LogP contribution in [0.25, 0.3) is 0 Å². The van der Waals surface area contributed by atoms with Gasteiger partial charge in [0, 0.05) is 24.6 Å². The van der Waals surface area contributed by atoms with Gasteiger partial charge in [0.2, 0.25) is 11.8 Å². The van der Waals surface area contributed by atoms with Crippen LogP contribution in [-0.2, 0) is 9.59 Å². The van der Waals surface area contributed by atoms with E-state index in [-0.39, 0.29) is 17.7 Å². The third-order valence-corrected chi connectivity index (χ3v) is 3.92. The van der Waals surface area contributed by atoms with Crippen LogP contribution < -0.4 is 11.1 Å². The van der Waals surface area contributed by atoms with Gasteiger partial charge in [0.05, 0.1) is 11.6 Å². The highest BCUT2D eigenvalue weighted by molar-refractivity contribution is 5.91. The van der Waals surface area contributed by atoms with Crippen molar-refractivity contribution in [1.82, 2.24) is 4.90 Å². The monoisotopic (exact) mass is 300 g/mol. The number of anilines is 1. The molecule has 6 heteroatoms. The minimum absolute atomic E-state index is 0.0289. The van der Waals surface area contributed by atoms with Gasteiger partial charge in [0.25, 0.3) is 0 Å². The van der Waals surface area contributed by atoms with Gasteiger partial charge in [0.1, 0.15) is 0 Å². The highest BCUT2D eigenvalue weighted by Crippen LogP contribution is 2.17. The van der Waals surface area contributed by atoms with Crippen molar-refractivity contribution in [3.05, 3.63) is 29.8 Å². The van der Waals surface area contributed by atoms with Crippen molar-refractivity contribution in [2.24, 2.45) is 11.7 Å². The molecule has 1 aliphatic heterocycles. The molecule has 22 heavy (non-hydrogen) atoms. The summed E-state index contributed by atoms with van der Waals surface area (Å²) in [5, 5.41) is 11.6. The van der Waals surface area contributed by atoms with Gasteiger partial charge in [-0.05, 0) is 44.1 Å². The summed E-state index contributed by atoms with van der Waals surface area (Å²) in [5.41, 5.74) is 6.46. The van der Waals surface area contributed by atoms with Crippen molar-refractivity contribution < 1.29 is 9.59 Å². The quantitative estimate of drug-likeness (QED) is 0.850. The number of nitrogens with two attached hydrogens (primary N) is 1. The van der Waals surface area contributed by atoms with Crippen LogP contribution in [0.15, 0.2) is 24.3 Å². The van der Waals surface area contributed by atoms with E-state index in [4.69, 9.17) is 11.0 Å². The summed E-state index contributed by atoms with van der Waals surface area (Å²) < 4.78 is 0. The molecule has 0 radical (unpaired) electrons. The van der Waals surface area contributed by atoms with Gasteiger partial charge in [-0.15, -0.1) is 0 Å². The Labute approximate surface area is 129 Å². The number of benzene rings is 1. The van der Waals surface area contributed by atoms with Gasteiger partial charge in [0.15, 0.2) is 0 Å². The van der Waals surface area contributed by atoms with E-state index in [0.717, 1.165) is 25.9 Å². The van der Waals surface area contributed by atoms with Crippen molar-refractivity contribution >= 4 is 17.5 Å². The van der Waals surface area contributed by atoms with Crippen LogP contribution in [0.2, 0.25) is 0 Å². The first-order valence-corrected chi connectivity index (χ1v) is 7.40. The SMILES string of the molecule is N#Cc1cccc(NC(=O)CCN2CCC(C(N)=O)CC2)c1. The number of nitrogens with one attached hydrogen (secondary N) is 1. The number of nitrogens with zero attached hydrogens (tertiary/aromatic N) is 2. The molecule has 1 aliphatic rings. The summed E-state index contributed by atoms with van der Waals surface area (Å²) in [6.07, 6.45) is 1.92. The molecule has 0 bridgehead atoms. The molecule has 0 aromatic heterocycles. The van der Waals surface area contributed by atoms with Crippen molar-refractivity contribution in [2.75, 3.05) is 25.0 Å². The van der Waals surface area contributed by atoms with E-state index < -0.39 is 0 Å². The zero-order valence-electron chi connectivity index (χ0n) is 12.4. The second-order valence-corrected chi connectivity index (χ2v) is 5.51. The summed E-state index contributed by atoms with van der Waals surface area (Å²) >= 11 is 0. The van der Waals surface area contributed by atoms with Crippen LogP contribution in [0.1, 0.15) is 24.8 Å². The largest absolute Gasteiger partial charge is 0.369 e. The predicted molar refractivity (Wildman–Crippen MR) is 82.8 cm³/mol. The number of piperidine rings is 1. The maximum Gasteiger partial charge on any atom is 0.225 e. The van der Waals surface area contributed by atoms with E-state index in [9.17, 15) is 9.59 Å². The number of rotatable bonds is 5. The highest BCUT2D eigenvalue weighted by Gasteiger charge is 2.23. The molecule has 0 saturated carbocycles. The van der Waals surface area contributed by atoms with Crippen LogP contribution in [0.5, 0.6) is 0 Å². The standard InChI is InChI=1S/C16H20N4O2/c17-11-12-2-1-3-14(10-12)19-15(21)6-9-20-7-4-13(5-8-20)16(18)22/h1-3,10,13H,4-9H2,(H2,18,22)(H,19,21). The molecule has 3 N–H and O–H groups in total. The molecular weight excluding hydrogens is 280 g/mol. The van der Waals surface area contributed by atoms with Gasteiger partial charge < -0.3 is 16.0 Å². The number of hydrogen-bond acceptors (Lipinski definition) is 4. The smallest absolute Gasteiger partial charge is 0.225 e. The number of carbonyl (C=O) groups excluding carboxylic acids is 2.